The van der Waals surface area contributed by atoms with E-state index in [-0.39, 0.29) is 5.82 Å². The molecule has 0 aliphatic rings. The van der Waals surface area contributed by atoms with Crippen molar-refractivity contribution < 1.29 is 4.39 Å². The number of nitrogens with two attached hydrogens (primary N) is 2. The van der Waals surface area contributed by atoms with Crippen molar-refractivity contribution >= 4 is 11.4 Å². The van der Waals surface area contributed by atoms with Crippen LogP contribution in [0, 0.1) is 5.82 Å². The van der Waals surface area contributed by atoms with Crippen molar-refractivity contribution in [1.29, 1.82) is 0 Å². The molecule has 2 aromatic carbocycles. The monoisotopic (exact) mass is 280 g/mol. The summed E-state index contributed by atoms with van der Waals surface area (Å²) in [6, 6.07) is 13.4. The molecule has 0 aliphatic carbocycles. The third kappa shape index (κ3) is 2.67. The molecule has 0 spiro atoms. The predicted molar refractivity (Wildman–Crippen MR) is 81.7 cm³/mol. The normalized spacial score (nSPS) is 10.5. The first-order valence-corrected chi connectivity index (χ1v) is 6.38. The van der Waals surface area contributed by atoms with Crippen LogP contribution < -0.4 is 11.5 Å². The Morgan fingerprint density at radius 2 is 1.67 bits per heavy atom. The van der Waals surface area contributed by atoms with Crippen LogP contribution >= 0.6 is 0 Å². The second-order valence-corrected chi connectivity index (χ2v) is 4.63. The van der Waals surface area contributed by atoms with E-state index in [1.165, 1.54) is 18.3 Å². The number of nitrogens with zero attached hydrogens (tertiary/aromatic N) is 2. The van der Waals surface area contributed by atoms with Crippen LogP contribution in [0.5, 0.6) is 0 Å². The average molecular weight is 280 g/mol. The Morgan fingerprint density at radius 3 is 2.43 bits per heavy atom. The molecule has 0 fully saturated rings. The highest BCUT2D eigenvalue weighted by Gasteiger charge is 2.09. The lowest BCUT2D eigenvalue weighted by Crippen LogP contribution is -1.99. The van der Waals surface area contributed by atoms with Crippen LogP contribution in [0.2, 0.25) is 0 Å². The second-order valence-electron chi connectivity index (χ2n) is 4.63. The van der Waals surface area contributed by atoms with E-state index in [0.29, 0.717) is 28.5 Å². The zero-order valence-electron chi connectivity index (χ0n) is 11.1. The van der Waals surface area contributed by atoms with Gasteiger partial charge in [-0.05, 0) is 24.3 Å². The molecule has 1 heterocycles. The Labute approximate surface area is 121 Å². The van der Waals surface area contributed by atoms with Gasteiger partial charge >= 0.3 is 0 Å². The molecular formula is C16H13FN4. The number of hydrogen-bond acceptors (Lipinski definition) is 4. The Hall–Kier alpha value is -2.95. The maximum atomic E-state index is 13.3. The van der Waals surface area contributed by atoms with Crippen molar-refractivity contribution in [2.75, 3.05) is 11.5 Å². The molecule has 0 unspecified atom stereocenters. The van der Waals surface area contributed by atoms with Gasteiger partial charge in [0.05, 0.1) is 17.6 Å². The molecule has 4 N–H and O–H groups in total. The second kappa shape index (κ2) is 5.20. The van der Waals surface area contributed by atoms with E-state index in [1.54, 1.807) is 24.3 Å². The number of nitrogen functional groups attached to an aromatic ring is 2. The number of halogens is 1. The molecule has 0 saturated carbocycles. The van der Waals surface area contributed by atoms with Gasteiger partial charge in [0.25, 0.3) is 0 Å². The number of aromatic nitrogens is 2. The van der Waals surface area contributed by atoms with Gasteiger partial charge in [-0.3, -0.25) is 0 Å². The first kappa shape index (κ1) is 13.1. The fraction of sp³-hybridized carbons (Fsp3) is 0. The molecule has 3 aromatic rings. The van der Waals surface area contributed by atoms with Crippen molar-refractivity contribution in [3.8, 4) is 22.6 Å². The minimum absolute atomic E-state index is 0.335. The Balaban J connectivity index is 2.12. The van der Waals surface area contributed by atoms with Gasteiger partial charge in [-0.1, -0.05) is 24.3 Å². The maximum absolute atomic E-state index is 13.3. The summed E-state index contributed by atoms with van der Waals surface area (Å²) in [5.74, 6) is 0.0829. The molecule has 3 rings (SSSR count). The molecule has 1 aromatic heterocycles. The van der Waals surface area contributed by atoms with E-state index >= 15 is 0 Å². The number of hydrogen-bond donors (Lipinski definition) is 2. The average Bonchev–Trinajstić information content (AvgIpc) is 2.47. The molecule has 5 heteroatoms. The molecule has 0 saturated heterocycles. The summed E-state index contributed by atoms with van der Waals surface area (Å²) in [5, 5.41) is 0. The lowest BCUT2D eigenvalue weighted by molar-refractivity contribution is 0.628. The lowest BCUT2D eigenvalue weighted by atomic mass is 10.1. The van der Waals surface area contributed by atoms with Crippen molar-refractivity contribution in [2.24, 2.45) is 0 Å². The maximum Gasteiger partial charge on any atom is 0.160 e. The van der Waals surface area contributed by atoms with Crippen LogP contribution in [0.4, 0.5) is 15.8 Å². The topological polar surface area (TPSA) is 77.8 Å². The SMILES string of the molecule is Nc1cccc(-c2nc(-c3cccc(F)c3)ncc2N)c1. The van der Waals surface area contributed by atoms with Crippen LogP contribution in [-0.2, 0) is 0 Å². The highest BCUT2D eigenvalue weighted by Crippen LogP contribution is 2.27. The van der Waals surface area contributed by atoms with Gasteiger partial charge in [-0.25, -0.2) is 14.4 Å². The first-order valence-electron chi connectivity index (χ1n) is 6.38. The third-order valence-electron chi connectivity index (χ3n) is 3.06. The molecule has 0 atom stereocenters. The summed E-state index contributed by atoms with van der Waals surface area (Å²) >= 11 is 0. The van der Waals surface area contributed by atoms with Gasteiger partial charge in [0.15, 0.2) is 5.82 Å². The van der Waals surface area contributed by atoms with E-state index in [0.717, 1.165) is 5.56 Å². The fourth-order valence-corrected chi connectivity index (χ4v) is 2.07. The van der Waals surface area contributed by atoms with Gasteiger partial charge in [0.1, 0.15) is 5.82 Å². The van der Waals surface area contributed by atoms with Crippen molar-refractivity contribution in [3.05, 3.63) is 60.5 Å². The molecule has 21 heavy (non-hydrogen) atoms. The zero-order valence-corrected chi connectivity index (χ0v) is 11.1. The Bertz CT molecular complexity index is 802. The Morgan fingerprint density at radius 1 is 0.905 bits per heavy atom. The van der Waals surface area contributed by atoms with Crippen LogP contribution in [-0.4, -0.2) is 9.97 Å². The highest BCUT2D eigenvalue weighted by molar-refractivity contribution is 5.75. The van der Waals surface area contributed by atoms with Gasteiger partial charge in [-0.15, -0.1) is 0 Å². The van der Waals surface area contributed by atoms with E-state index in [2.05, 4.69) is 9.97 Å². The van der Waals surface area contributed by atoms with Gasteiger partial charge < -0.3 is 11.5 Å². The van der Waals surface area contributed by atoms with Crippen molar-refractivity contribution in [1.82, 2.24) is 9.97 Å². The summed E-state index contributed by atoms with van der Waals surface area (Å²) in [7, 11) is 0. The number of benzene rings is 2. The molecule has 4 nitrogen and oxygen atoms in total. The first-order chi connectivity index (χ1) is 10.1. The van der Waals surface area contributed by atoms with E-state index in [4.69, 9.17) is 11.5 Å². The molecule has 0 aliphatic heterocycles. The van der Waals surface area contributed by atoms with Crippen LogP contribution in [0.15, 0.2) is 54.7 Å². The van der Waals surface area contributed by atoms with E-state index in [9.17, 15) is 4.39 Å². The smallest absolute Gasteiger partial charge is 0.160 e. The van der Waals surface area contributed by atoms with Gasteiger partial charge in [0, 0.05) is 16.8 Å². The number of anilines is 2. The summed E-state index contributed by atoms with van der Waals surface area (Å²) < 4.78 is 13.3. The van der Waals surface area contributed by atoms with E-state index in [1.807, 2.05) is 12.1 Å². The fourth-order valence-electron chi connectivity index (χ4n) is 2.07. The van der Waals surface area contributed by atoms with Crippen molar-refractivity contribution in [3.63, 3.8) is 0 Å². The van der Waals surface area contributed by atoms with E-state index < -0.39 is 0 Å². The largest absolute Gasteiger partial charge is 0.399 e. The molecule has 0 amide bonds. The summed E-state index contributed by atoms with van der Waals surface area (Å²) in [5.41, 5.74) is 14.8. The van der Waals surface area contributed by atoms with Crippen molar-refractivity contribution in [2.45, 2.75) is 0 Å². The van der Waals surface area contributed by atoms with Gasteiger partial charge in [0.2, 0.25) is 0 Å². The summed E-state index contributed by atoms with van der Waals surface area (Å²) in [4.78, 5) is 8.60. The number of rotatable bonds is 2. The standard InChI is InChI=1S/C16H13FN4/c17-12-5-1-4-11(7-12)16-20-9-14(19)15(21-16)10-3-2-6-13(18)8-10/h1-9H,18-19H2. The summed E-state index contributed by atoms with van der Waals surface area (Å²) in [6.07, 6.45) is 1.52. The van der Waals surface area contributed by atoms with Crippen LogP contribution in [0.25, 0.3) is 22.6 Å². The third-order valence-corrected chi connectivity index (χ3v) is 3.06. The molecular weight excluding hydrogens is 267 g/mol. The minimum atomic E-state index is -0.335. The minimum Gasteiger partial charge on any atom is -0.399 e. The lowest BCUT2D eigenvalue weighted by Gasteiger charge is -2.08. The van der Waals surface area contributed by atoms with Crippen LogP contribution in [0.3, 0.4) is 0 Å². The molecule has 0 bridgehead atoms. The Kier molecular flexibility index (Phi) is 3.23. The highest BCUT2D eigenvalue weighted by atomic mass is 19.1. The van der Waals surface area contributed by atoms with Gasteiger partial charge in [-0.2, -0.15) is 0 Å². The summed E-state index contributed by atoms with van der Waals surface area (Å²) in [6.45, 7) is 0. The van der Waals surface area contributed by atoms with Crippen LogP contribution in [0.1, 0.15) is 0 Å². The quantitative estimate of drug-likeness (QED) is 0.707. The zero-order chi connectivity index (χ0) is 14.8. The molecule has 0 radical (unpaired) electrons. The molecule has 104 valence electrons. The predicted octanol–water partition coefficient (Wildman–Crippen LogP) is 3.11.